The third-order valence-corrected chi connectivity index (χ3v) is 5.03. The van der Waals surface area contributed by atoms with E-state index in [4.69, 9.17) is 4.98 Å². The highest BCUT2D eigenvalue weighted by Gasteiger charge is 2.25. The van der Waals surface area contributed by atoms with E-state index in [1.165, 1.54) is 0 Å². The van der Waals surface area contributed by atoms with Gasteiger partial charge in [0.05, 0.1) is 23.1 Å². The van der Waals surface area contributed by atoms with Crippen molar-refractivity contribution in [2.75, 3.05) is 6.54 Å². The molecular formula is C21H25N5O. The average molecular weight is 363 g/mol. The number of nitrogens with one attached hydrogen (secondary N) is 2. The first-order chi connectivity index (χ1) is 12.9. The smallest absolute Gasteiger partial charge is 0.255 e. The molecule has 0 radical (unpaired) electrons. The molecule has 140 valence electrons. The van der Waals surface area contributed by atoms with Crippen LogP contribution in [-0.2, 0) is 24.9 Å². The lowest BCUT2D eigenvalue weighted by molar-refractivity contribution is 0.241. The number of rotatable bonds is 3. The maximum atomic E-state index is 12.6. The summed E-state index contributed by atoms with van der Waals surface area (Å²) < 4.78 is 0. The van der Waals surface area contributed by atoms with Gasteiger partial charge in [0.1, 0.15) is 5.82 Å². The Morgan fingerprint density at radius 2 is 1.96 bits per heavy atom. The van der Waals surface area contributed by atoms with Crippen LogP contribution in [0.15, 0.2) is 41.3 Å². The minimum Gasteiger partial charge on any atom is -0.310 e. The first-order valence-electron chi connectivity index (χ1n) is 9.34. The molecule has 2 aromatic heterocycles. The van der Waals surface area contributed by atoms with Crippen LogP contribution >= 0.6 is 0 Å². The second-order valence-corrected chi connectivity index (χ2v) is 8.19. The van der Waals surface area contributed by atoms with Gasteiger partial charge in [-0.25, -0.2) is 4.98 Å². The molecule has 2 N–H and O–H groups in total. The first-order valence-corrected chi connectivity index (χ1v) is 9.34. The van der Waals surface area contributed by atoms with Crippen molar-refractivity contribution >= 4 is 0 Å². The molecule has 0 saturated heterocycles. The fraction of sp³-hybridized carbons (Fsp3) is 0.381. The molecule has 4 rings (SSSR count). The van der Waals surface area contributed by atoms with E-state index in [2.05, 4.69) is 53.0 Å². The number of hydrogen-bond acceptors (Lipinski definition) is 4. The van der Waals surface area contributed by atoms with Crippen molar-refractivity contribution in [1.29, 1.82) is 0 Å². The predicted octanol–water partition coefficient (Wildman–Crippen LogP) is 3.02. The maximum Gasteiger partial charge on any atom is 0.255 e. The number of aromatic nitrogens is 4. The number of aromatic amines is 2. The number of H-pyrrole nitrogens is 2. The van der Waals surface area contributed by atoms with Crippen LogP contribution in [0.3, 0.4) is 0 Å². The minimum atomic E-state index is -0.160. The fourth-order valence-corrected chi connectivity index (χ4v) is 3.50. The summed E-state index contributed by atoms with van der Waals surface area (Å²) in [6.07, 6.45) is 2.67. The summed E-state index contributed by atoms with van der Waals surface area (Å²) in [5.41, 5.74) is 4.86. The molecule has 0 amide bonds. The van der Waals surface area contributed by atoms with Gasteiger partial charge >= 0.3 is 0 Å². The van der Waals surface area contributed by atoms with E-state index in [0.717, 1.165) is 53.4 Å². The number of nitrogens with zero attached hydrogens (tertiary/aromatic N) is 3. The summed E-state index contributed by atoms with van der Waals surface area (Å²) in [7, 11) is 0. The van der Waals surface area contributed by atoms with E-state index in [1.807, 2.05) is 24.4 Å². The third-order valence-electron chi connectivity index (χ3n) is 5.03. The van der Waals surface area contributed by atoms with Gasteiger partial charge in [0.25, 0.3) is 5.56 Å². The van der Waals surface area contributed by atoms with Gasteiger partial charge < -0.3 is 4.98 Å². The fourth-order valence-electron chi connectivity index (χ4n) is 3.50. The van der Waals surface area contributed by atoms with Gasteiger partial charge in [-0.1, -0.05) is 51.1 Å². The SMILES string of the molecule is CC(C)(C)c1nc2c(c(=O)[nH]1)CN(Cc1cn[nH]c1-c1ccccc1)CC2. The Morgan fingerprint density at radius 3 is 2.70 bits per heavy atom. The van der Waals surface area contributed by atoms with E-state index < -0.39 is 0 Å². The maximum absolute atomic E-state index is 12.6. The Labute approximate surface area is 158 Å². The van der Waals surface area contributed by atoms with Crippen LogP contribution in [0.5, 0.6) is 0 Å². The Hall–Kier alpha value is -2.73. The van der Waals surface area contributed by atoms with Crippen LogP contribution in [0.25, 0.3) is 11.3 Å². The molecule has 6 heteroatoms. The average Bonchev–Trinajstić information content (AvgIpc) is 3.10. The molecule has 0 aliphatic carbocycles. The van der Waals surface area contributed by atoms with Gasteiger partial charge in [-0.2, -0.15) is 5.10 Å². The van der Waals surface area contributed by atoms with E-state index in [-0.39, 0.29) is 11.0 Å². The predicted molar refractivity (Wildman–Crippen MR) is 105 cm³/mol. The quantitative estimate of drug-likeness (QED) is 0.750. The molecule has 0 fully saturated rings. The molecule has 0 saturated carbocycles. The van der Waals surface area contributed by atoms with Crippen molar-refractivity contribution < 1.29 is 0 Å². The summed E-state index contributed by atoms with van der Waals surface area (Å²) in [5, 5.41) is 7.34. The van der Waals surface area contributed by atoms with Crippen molar-refractivity contribution in [1.82, 2.24) is 25.1 Å². The first kappa shape index (κ1) is 17.7. The van der Waals surface area contributed by atoms with Crippen LogP contribution in [0, 0.1) is 0 Å². The van der Waals surface area contributed by atoms with Gasteiger partial charge in [-0.05, 0) is 5.56 Å². The third kappa shape index (κ3) is 3.57. The lowest BCUT2D eigenvalue weighted by Gasteiger charge is -2.28. The summed E-state index contributed by atoms with van der Waals surface area (Å²) in [4.78, 5) is 22.6. The van der Waals surface area contributed by atoms with E-state index >= 15 is 0 Å². The summed E-state index contributed by atoms with van der Waals surface area (Å²) in [6, 6.07) is 10.2. The van der Waals surface area contributed by atoms with Crippen molar-refractivity contribution in [3.8, 4) is 11.3 Å². The van der Waals surface area contributed by atoms with Gasteiger partial charge in [-0.15, -0.1) is 0 Å². The van der Waals surface area contributed by atoms with E-state index in [9.17, 15) is 4.79 Å². The molecule has 1 aliphatic rings. The Kier molecular flexibility index (Phi) is 4.44. The molecule has 27 heavy (non-hydrogen) atoms. The second-order valence-electron chi connectivity index (χ2n) is 8.19. The lowest BCUT2D eigenvalue weighted by atomic mass is 9.95. The van der Waals surface area contributed by atoms with Crippen LogP contribution < -0.4 is 5.56 Å². The molecule has 1 aliphatic heterocycles. The van der Waals surface area contributed by atoms with Gasteiger partial charge in [-0.3, -0.25) is 14.8 Å². The number of hydrogen-bond donors (Lipinski definition) is 2. The molecule has 0 unspecified atom stereocenters. The summed E-state index contributed by atoms with van der Waals surface area (Å²) in [5.74, 6) is 0.765. The standard InChI is InChI=1S/C21H25N5O/c1-21(2,3)20-23-17-9-10-26(13-16(17)19(27)24-20)12-15-11-22-25-18(15)14-7-5-4-6-8-14/h4-8,11H,9-10,12-13H2,1-3H3,(H,22,25)(H,23,24,27). The van der Waals surface area contributed by atoms with E-state index in [1.54, 1.807) is 0 Å². The molecule has 0 spiro atoms. The molecule has 1 aromatic carbocycles. The zero-order chi connectivity index (χ0) is 19.0. The molecular weight excluding hydrogens is 338 g/mol. The Bertz CT molecular complexity index is 997. The number of fused-ring (bicyclic) bond motifs is 1. The van der Waals surface area contributed by atoms with Crippen LogP contribution in [0.4, 0.5) is 0 Å². The van der Waals surface area contributed by atoms with Gasteiger partial charge in [0.15, 0.2) is 0 Å². The highest BCUT2D eigenvalue weighted by atomic mass is 16.1. The monoisotopic (exact) mass is 363 g/mol. The Morgan fingerprint density at radius 1 is 1.19 bits per heavy atom. The highest BCUT2D eigenvalue weighted by molar-refractivity contribution is 5.62. The summed E-state index contributed by atoms with van der Waals surface area (Å²) >= 11 is 0. The van der Waals surface area contributed by atoms with E-state index in [0.29, 0.717) is 6.54 Å². The van der Waals surface area contributed by atoms with Crippen LogP contribution in [0.2, 0.25) is 0 Å². The van der Waals surface area contributed by atoms with Crippen LogP contribution in [0.1, 0.15) is 43.4 Å². The minimum absolute atomic E-state index is 0.00917. The normalized spacial score (nSPS) is 14.9. The van der Waals surface area contributed by atoms with Crippen molar-refractivity contribution in [2.45, 2.75) is 45.7 Å². The van der Waals surface area contributed by atoms with Crippen molar-refractivity contribution in [3.63, 3.8) is 0 Å². The largest absolute Gasteiger partial charge is 0.310 e. The zero-order valence-electron chi connectivity index (χ0n) is 16.0. The lowest BCUT2D eigenvalue weighted by Crippen LogP contribution is -2.37. The number of benzene rings is 1. The summed E-state index contributed by atoms with van der Waals surface area (Å²) in [6.45, 7) is 8.44. The van der Waals surface area contributed by atoms with Crippen molar-refractivity contribution in [3.05, 3.63) is 69.5 Å². The highest BCUT2D eigenvalue weighted by Crippen LogP contribution is 2.25. The molecule has 6 nitrogen and oxygen atoms in total. The van der Waals surface area contributed by atoms with Gasteiger partial charge in [0, 0.05) is 37.0 Å². The second kappa shape index (κ2) is 6.78. The molecule has 0 bridgehead atoms. The molecule has 3 heterocycles. The molecule has 0 atom stereocenters. The van der Waals surface area contributed by atoms with Crippen LogP contribution in [-0.4, -0.2) is 31.6 Å². The van der Waals surface area contributed by atoms with Gasteiger partial charge in [0.2, 0.25) is 0 Å². The molecule has 3 aromatic rings. The topological polar surface area (TPSA) is 77.7 Å². The Balaban J connectivity index is 1.57. The zero-order valence-corrected chi connectivity index (χ0v) is 16.0. The van der Waals surface area contributed by atoms with Crippen molar-refractivity contribution in [2.24, 2.45) is 0 Å².